The molecule has 0 saturated carbocycles. The minimum absolute atomic E-state index is 0.0863. The zero-order chi connectivity index (χ0) is 34.4. The van der Waals surface area contributed by atoms with Gasteiger partial charge in [0.25, 0.3) is 0 Å². The molecule has 6 heteroatoms. The van der Waals surface area contributed by atoms with E-state index in [1.807, 2.05) is 0 Å². The molecule has 0 heterocycles. The molecule has 282 valence electrons. The maximum absolute atomic E-state index is 13.4. The van der Waals surface area contributed by atoms with Gasteiger partial charge in [-0.25, -0.2) is 0 Å². The molecule has 0 amide bonds. The number of rotatable bonds is 40. The molecule has 0 aliphatic rings. The Morgan fingerprint density at radius 1 is 0.404 bits per heavy atom. The van der Waals surface area contributed by atoms with Crippen LogP contribution < -0.4 is 0 Å². The van der Waals surface area contributed by atoms with Crippen molar-refractivity contribution >= 4 is 13.6 Å². The van der Waals surface area contributed by atoms with E-state index in [0.29, 0.717) is 19.8 Å². The number of hydrogen-bond acceptors (Lipinski definition) is 5. The van der Waals surface area contributed by atoms with Crippen molar-refractivity contribution in [2.24, 2.45) is 0 Å². The van der Waals surface area contributed by atoms with Crippen LogP contribution in [0, 0.1) is 0 Å². The van der Waals surface area contributed by atoms with Crippen molar-refractivity contribution in [2.45, 2.75) is 233 Å². The second-order valence-corrected chi connectivity index (χ2v) is 16.3. The summed E-state index contributed by atoms with van der Waals surface area (Å²) in [4.78, 5) is 11.9. The Balaban J connectivity index is 3.83. The summed E-state index contributed by atoms with van der Waals surface area (Å²) in [5, 5.41) is 0. The lowest BCUT2D eigenvalue weighted by Crippen LogP contribution is -2.10. The molecule has 0 aromatic heterocycles. The molecule has 47 heavy (non-hydrogen) atoms. The molecular formula is C41H83O5P. The highest BCUT2D eigenvalue weighted by molar-refractivity contribution is 7.53. The Kier molecular flexibility index (Phi) is 38.1. The van der Waals surface area contributed by atoms with Gasteiger partial charge in [-0.15, -0.1) is 0 Å². The summed E-state index contributed by atoms with van der Waals surface area (Å²) in [6.07, 6.45) is 42.5. The highest BCUT2D eigenvalue weighted by Gasteiger charge is 2.26. The molecule has 0 unspecified atom stereocenters. The fraction of sp³-hybridized carbons (Fsp3) is 0.976. The average Bonchev–Trinajstić information content (AvgIpc) is 3.07. The molecule has 0 aromatic rings. The molecule has 0 rings (SSSR count). The quantitative estimate of drug-likeness (QED) is 0.0365. The Morgan fingerprint density at radius 3 is 0.915 bits per heavy atom. The highest BCUT2D eigenvalue weighted by atomic mass is 31.2. The van der Waals surface area contributed by atoms with E-state index in [2.05, 4.69) is 13.8 Å². The fourth-order valence-corrected chi connectivity index (χ4v) is 7.94. The first-order chi connectivity index (χ1) is 23.1. The van der Waals surface area contributed by atoms with Crippen LogP contribution in [0.15, 0.2) is 0 Å². The Labute approximate surface area is 294 Å². The topological polar surface area (TPSA) is 61.8 Å². The van der Waals surface area contributed by atoms with Crippen LogP contribution in [0.2, 0.25) is 0 Å². The summed E-state index contributed by atoms with van der Waals surface area (Å²) in [6.45, 7) is 7.58. The smallest absolute Gasteiger partial charge is 0.331 e. The SMILES string of the molecule is CCCCCCCCCCCCCCCCCCOP(=O)(CCC(=O)OCC)OCCCCCCCCCCCCCCCCCC. The third-order valence-corrected chi connectivity index (χ3v) is 11.4. The molecule has 5 nitrogen and oxygen atoms in total. The standard InChI is InChI=1S/C41H83O5P/c1-4-7-9-11-13-15-17-19-21-23-25-27-29-31-33-35-38-45-47(43,40-37-41(42)44-6-3)46-39-36-34-32-30-28-26-24-22-20-18-16-14-12-10-8-5-2/h4-40H2,1-3H3. The van der Waals surface area contributed by atoms with Gasteiger partial charge in [-0.2, -0.15) is 0 Å². The molecule has 0 fully saturated rings. The average molecular weight is 687 g/mol. The Morgan fingerprint density at radius 2 is 0.660 bits per heavy atom. The van der Waals surface area contributed by atoms with Crippen LogP contribution in [0.1, 0.15) is 233 Å². The first kappa shape index (κ1) is 46.6. The van der Waals surface area contributed by atoms with Crippen LogP contribution in [-0.4, -0.2) is 32.0 Å². The zero-order valence-electron chi connectivity index (χ0n) is 32.2. The lowest BCUT2D eigenvalue weighted by molar-refractivity contribution is -0.142. The van der Waals surface area contributed by atoms with Gasteiger partial charge in [-0.1, -0.05) is 206 Å². The van der Waals surface area contributed by atoms with Gasteiger partial charge in [-0.05, 0) is 19.8 Å². The lowest BCUT2D eigenvalue weighted by atomic mass is 10.0. The van der Waals surface area contributed by atoms with Crippen LogP contribution in [0.25, 0.3) is 0 Å². The van der Waals surface area contributed by atoms with Gasteiger partial charge >= 0.3 is 13.6 Å². The summed E-state index contributed by atoms with van der Waals surface area (Å²) in [7, 11) is -3.28. The summed E-state index contributed by atoms with van der Waals surface area (Å²) in [5.74, 6) is -0.329. The van der Waals surface area contributed by atoms with Gasteiger partial charge in [0.2, 0.25) is 0 Å². The summed E-state index contributed by atoms with van der Waals surface area (Å²) < 4.78 is 30.1. The van der Waals surface area contributed by atoms with Crippen molar-refractivity contribution in [3.05, 3.63) is 0 Å². The number of carbonyl (C=O) groups is 1. The predicted molar refractivity (Wildman–Crippen MR) is 205 cm³/mol. The molecule has 0 N–H and O–H groups in total. The third-order valence-electron chi connectivity index (χ3n) is 9.47. The summed E-state index contributed by atoms with van der Waals surface area (Å²) in [6, 6.07) is 0. The van der Waals surface area contributed by atoms with Gasteiger partial charge in [0.1, 0.15) is 0 Å². The molecular weight excluding hydrogens is 603 g/mol. The lowest BCUT2D eigenvalue weighted by Gasteiger charge is -2.18. The zero-order valence-corrected chi connectivity index (χ0v) is 33.0. The Bertz CT molecular complexity index is 628. The number of hydrogen-bond donors (Lipinski definition) is 0. The van der Waals surface area contributed by atoms with Crippen molar-refractivity contribution in [3.63, 3.8) is 0 Å². The van der Waals surface area contributed by atoms with Crippen LogP contribution in [0.3, 0.4) is 0 Å². The molecule has 0 atom stereocenters. The molecule has 0 aliphatic heterocycles. The van der Waals surface area contributed by atoms with E-state index in [1.54, 1.807) is 6.92 Å². The minimum Gasteiger partial charge on any atom is -0.466 e. The van der Waals surface area contributed by atoms with Gasteiger partial charge in [0.15, 0.2) is 0 Å². The number of carbonyl (C=O) groups excluding carboxylic acids is 1. The van der Waals surface area contributed by atoms with E-state index in [0.717, 1.165) is 25.7 Å². The highest BCUT2D eigenvalue weighted by Crippen LogP contribution is 2.49. The number of esters is 1. The van der Waals surface area contributed by atoms with Crippen molar-refractivity contribution in [1.29, 1.82) is 0 Å². The second-order valence-electron chi connectivity index (χ2n) is 14.2. The molecule has 0 spiro atoms. The third kappa shape index (κ3) is 36.7. The van der Waals surface area contributed by atoms with E-state index in [1.165, 1.54) is 180 Å². The molecule has 0 bridgehead atoms. The first-order valence-electron chi connectivity index (χ1n) is 21.1. The number of ether oxygens (including phenoxy) is 1. The maximum atomic E-state index is 13.4. The van der Waals surface area contributed by atoms with E-state index >= 15 is 0 Å². The maximum Gasteiger partial charge on any atom is 0.331 e. The molecule has 0 saturated heterocycles. The van der Waals surface area contributed by atoms with Crippen molar-refractivity contribution < 1.29 is 23.1 Å². The predicted octanol–water partition coefficient (Wildman–Crippen LogP) is 14.7. The minimum atomic E-state index is -3.28. The Hall–Kier alpha value is -0.380. The molecule has 0 radical (unpaired) electrons. The van der Waals surface area contributed by atoms with Gasteiger partial charge in [0.05, 0.1) is 32.4 Å². The van der Waals surface area contributed by atoms with Crippen LogP contribution in [-0.2, 0) is 23.1 Å². The van der Waals surface area contributed by atoms with E-state index in [9.17, 15) is 9.36 Å². The van der Waals surface area contributed by atoms with E-state index < -0.39 is 7.60 Å². The second kappa shape index (κ2) is 38.4. The van der Waals surface area contributed by atoms with E-state index in [-0.39, 0.29) is 18.6 Å². The first-order valence-corrected chi connectivity index (χ1v) is 22.8. The van der Waals surface area contributed by atoms with Gasteiger partial charge < -0.3 is 13.8 Å². The molecule has 0 aliphatic carbocycles. The fourth-order valence-electron chi connectivity index (χ4n) is 6.34. The van der Waals surface area contributed by atoms with Crippen molar-refractivity contribution in [2.75, 3.05) is 26.0 Å². The van der Waals surface area contributed by atoms with Crippen LogP contribution in [0.4, 0.5) is 0 Å². The monoisotopic (exact) mass is 687 g/mol. The van der Waals surface area contributed by atoms with Gasteiger partial charge in [-0.3, -0.25) is 9.36 Å². The number of unbranched alkanes of at least 4 members (excludes halogenated alkanes) is 30. The van der Waals surface area contributed by atoms with Crippen LogP contribution >= 0.6 is 7.60 Å². The van der Waals surface area contributed by atoms with Crippen molar-refractivity contribution in [3.8, 4) is 0 Å². The summed E-state index contributed by atoms with van der Waals surface area (Å²) >= 11 is 0. The van der Waals surface area contributed by atoms with Gasteiger partial charge in [0, 0.05) is 0 Å². The van der Waals surface area contributed by atoms with Crippen LogP contribution in [0.5, 0.6) is 0 Å². The molecule has 0 aromatic carbocycles. The normalized spacial score (nSPS) is 11.8. The van der Waals surface area contributed by atoms with E-state index in [4.69, 9.17) is 13.8 Å². The largest absolute Gasteiger partial charge is 0.466 e. The van der Waals surface area contributed by atoms with Crippen molar-refractivity contribution in [1.82, 2.24) is 0 Å². The summed E-state index contributed by atoms with van der Waals surface area (Å²) in [5.41, 5.74) is 0.